The maximum absolute atomic E-state index is 11.9. The third-order valence-electron chi connectivity index (χ3n) is 4.82. The van der Waals surface area contributed by atoms with E-state index in [0.717, 1.165) is 5.56 Å². The van der Waals surface area contributed by atoms with E-state index in [1.165, 1.54) is 0 Å². The average molecular weight is 321 g/mol. The van der Waals surface area contributed by atoms with Gasteiger partial charge in [-0.2, -0.15) is 0 Å². The maximum Gasteiger partial charge on any atom is 0.225 e. The number of carbonyl (C=O) groups excluding carboxylic acids is 1. The molecule has 1 unspecified atom stereocenters. The Morgan fingerprint density at radius 2 is 1.91 bits per heavy atom. The predicted octanol–water partition coefficient (Wildman–Crippen LogP) is 2.83. The van der Waals surface area contributed by atoms with Crippen LogP contribution in [0, 0.1) is 0 Å². The van der Waals surface area contributed by atoms with Crippen LogP contribution in [-0.2, 0) is 15.6 Å². The second kappa shape index (κ2) is 5.79. The number of hydrogen-bond donors (Lipinski definition) is 2. The molecule has 22 heavy (non-hydrogen) atoms. The van der Waals surface area contributed by atoms with E-state index in [4.69, 9.17) is 4.43 Å². The van der Waals surface area contributed by atoms with Crippen molar-refractivity contribution in [2.45, 2.75) is 63.6 Å². The van der Waals surface area contributed by atoms with Crippen molar-refractivity contribution in [3.8, 4) is 0 Å². The second-order valence-corrected chi connectivity index (χ2v) is 12.5. The van der Waals surface area contributed by atoms with E-state index < -0.39 is 20.1 Å². The summed E-state index contributed by atoms with van der Waals surface area (Å²) in [6, 6.07) is 9.69. The first kappa shape index (κ1) is 17.2. The molecule has 1 amide bonds. The van der Waals surface area contributed by atoms with Gasteiger partial charge in [0.2, 0.25) is 5.91 Å². The molecular formula is C17H27NO3Si. The lowest BCUT2D eigenvalue weighted by Gasteiger charge is -2.41. The minimum atomic E-state index is -2.06. The van der Waals surface area contributed by atoms with Crippen molar-refractivity contribution in [3.05, 3.63) is 35.9 Å². The van der Waals surface area contributed by atoms with E-state index in [1.807, 2.05) is 30.3 Å². The highest BCUT2D eigenvalue weighted by Crippen LogP contribution is 2.40. The van der Waals surface area contributed by atoms with Gasteiger partial charge in [0.25, 0.3) is 0 Å². The van der Waals surface area contributed by atoms with Crippen molar-refractivity contribution in [2.24, 2.45) is 0 Å². The fraction of sp³-hybridized carbons (Fsp3) is 0.588. The third-order valence-corrected chi connectivity index (χ3v) is 9.30. The minimum absolute atomic E-state index is 0.0340. The van der Waals surface area contributed by atoms with Crippen LogP contribution in [0.2, 0.25) is 18.1 Å². The zero-order valence-electron chi connectivity index (χ0n) is 14.1. The molecule has 0 radical (unpaired) electrons. The van der Waals surface area contributed by atoms with Gasteiger partial charge in [0, 0.05) is 6.42 Å². The van der Waals surface area contributed by atoms with Crippen molar-refractivity contribution in [1.82, 2.24) is 5.32 Å². The largest absolute Gasteiger partial charge is 0.408 e. The summed E-state index contributed by atoms with van der Waals surface area (Å²) in [4.78, 5) is 11.9. The fourth-order valence-electron chi connectivity index (χ4n) is 2.45. The lowest BCUT2D eigenvalue weighted by Crippen LogP contribution is -2.55. The summed E-state index contributed by atoms with van der Waals surface area (Å²) in [5.41, 5.74) is -0.343. The summed E-state index contributed by atoms with van der Waals surface area (Å²) in [6.45, 7) is 10.7. The van der Waals surface area contributed by atoms with Crippen LogP contribution >= 0.6 is 0 Å². The van der Waals surface area contributed by atoms with Crippen LogP contribution in [0.4, 0.5) is 0 Å². The van der Waals surface area contributed by atoms with Crippen molar-refractivity contribution >= 4 is 14.2 Å². The van der Waals surface area contributed by atoms with Crippen LogP contribution in [0.1, 0.15) is 32.8 Å². The van der Waals surface area contributed by atoms with Gasteiger partial charge in [0.15, 0.2) is 14.0 Å². The molecule has 1 saturated heterocycles. The first-order valence-corrected chi connectivity index (χ1v) is 10.7. The number of nitrogens with one attached hydrogen (secondary N) is 1. The van der Waals surface area contributed by atoms with Crippen LogP contribution in [0.5, 0.6) is 0 Å². The Bertz CT molecular complexity index is 539. The molecular weight excluding hydrogens is 294 g/mol. The predicted molar refractivity (Wildman–Crippen MR) is 89.9 cm³/mol. The van der Waals surface area contributed by atoms with Crippen molar-refractivity contribution in [2.75, 3.05) is 0 Å². The van der Waals surface area contributed by atoms with Crippen LogP contribution in [-0.4, -0.2) is 31.2 Å². The summed E-state index contributed by atoms with van der Waals surface area (Å²) in [5.74, 6) is -0.151. The highest BCUT2D eigenvalue weighted by atomic mass is 28.4. The first-order chi connectivity index (χ1) is 10.0. The molecule has 2 atom stereocenters. The molecule has 0 aromatic heterocycles. The van der Waals surface area contributed by atoms with Crippen LogP contribution in [0.15, 0.2) is 30.3 Å². The number of benzene rings is 1. The zero-order chi connectivity index (χ0) is 16.6. The average Bonchev–Trinajstić information content (AvgIpc) is 2.62. The lowest BCUT2D eigenvalue weighted by atomic mass is 9.99. The number of rotatable bonds is 4. The Kier molecular flexibility index (Phi) is 4.53. The molecule has 1 aliphatic rings. The van der Waals surface area contributed by atoms with E-state index in [9.17, 15) is 9.90 Å². The van der Waals surface area contributed by atoms with Gasteiger partial charge in [-0.15, -0.1) is 0 Å². The molecule has 1 aliphatic heterocycles. The second-order valence-electron chi connectivity index (χ2n) is 7.71. The SMILES string of the molecule is CC(C)(C)[Si](C)(C)O[C@H]1CC(=O)NC1(O)Cc1ccccc1. The molecule has 1 aromatic rings. The van der Waals surface area contributed by atoms with Gasteiger partial charge in [0.1, 0.15) is 6.10 Å². The molecule has 1 heterocycles. The van der Waals surface area contributed by atoms with E-state index in [2.05, 4.69) is 39.2 Å². The van der Waals surface area contributed by atoms with Gasteiger partial charge in [-0.05, 0) is 23.7 Å². The van der Waals surface area contributed by atoms with Gasteiger partial charge >= 0.3 is 0 Å². The van der Waals surface area contributed by atoms with Gasteiger partial charge < -0.3 is 14.8 Å². The molecule has 1 aromatic carbocycles. The normalized spacial score (nSPS) is 26.1. The van der Waals surface area contributed by atoms with Gasteiger partial charge in [-0.25, -0.2) is 0 Å². The molecule has 0 aliphatic carbocycles. The summed E-state index contributed by atoms with van der Waals surface area (Å²) in [6.07, 6.45) is 0.0791. The Morgan fingerprint density at radius 3 is 2.45 bits per heavy atom. The molecule has 5 heteroatoms. The quantitative estimate of drug-likeness (QED) is 0.838. The monoisotopic (exact) mass is 321 g/mol. The molecule has 0 spiro atoms. The summed E-state index contributed by atoms with van der Waals surface area (Å²) >= 11 is 0. The van der Waals surface area contributed by atoms with Crippen LogP contribution in [0.3, 0.4) is 0 Å². The fourth-order valence-corrected chi connectivity index (χ4v) is 3.79. The smallest absolute Gasteiger partial charge is 0.225 e. The van der Waals surface area contributed by atoms with E-state index in [1.54, 1.807) is 0 Å². The summed E-state index contributed by atoms with van der Waals surface area (Å²) < 4.78 is 6.33. The Morgan fingerprint density at radius 1 is 1.32 bits per heavy atom. The van der Waals surface area contributed by atoms with E-state index in [0.29, 0.717) is 6.42 Å². The standard InChI is InChI=1S/C17H27NO3Si/c1-16(2,3)22(4,5)21-14-11-15(19)18-17(14,20)12-13-9-7-6-8-10-13/h6-10,14,20H,11-12H2,1-5H3,(H,18,19)/t14-,17?/m0/s1. The first-order valence-electron chi connectivity index (χ1n) is 7.79. The highest BCUT2D eigenvalue weighted by molar-refractivity contribution is 6.74. The molecule has 1 fully saturated rings. The van der Waals surface area contributed by atoms with Crippen LogP contribution < -0.4 is 5.32 Å². The summed E-state index contributed by atoms with van der Waals surface area (Å²) in [7, 11) is -2.06. The minimum Gasteiger partial charge on any atom is -0.408 e. The Hall–Kier alpha value is -1.17. The molecule has 4 nitrogen and oxygen atoms in total. The van der Waals surface area contributed by atoms with Gasteiger partial charge in [-0.3, -0.25) is 4.79 Å². The molecule has 2 N–H and O–H groups in total. The Labute approximate surface area is 134 Å². The van der Waals surface area contributed by atoms with Crippen molar-refractivity contribution in [3.63, 3.8) is 0 Å². The van der Waals surface area contributed by atoms with Gasteiger partial charge in [-0.1, -0.05) is 51.1 Å². The molecule has 2 rings (SSSR count). The maximum atomic E-state index is 11.9. The number of hydrogen-bond acceptors (Lipinski definition) is 3. The number of carbonyl (C=O) groups is 1. The van der Waals surface area contributed by atoms with Crippen molar-refractivity contribution < 1.29 is 14.3 Å². The molecule has 122 valence electrons. The highest BCUT2D eigenvalue weighted by Gasteiger charge is 2.50. The Balaban J connectivity index is 2.20. The molecule has 0 saturated carbocycles. The molecule has 0 bridgehead atoms. The topological polar surface area (TPSA) is 58.6 Å². The van der Waals surface area contributed by atoms with Crippen LogP contribution in [0.25, 0.3) is 0 Å². The summed E-state index contributed by atoms with van der Waals surface area (Å²) in [5, 5.41) is 13.7. The zero-order valence-corrected chi connectivity index (χ0v) is 15.1. The number of aliphatic hydroxyl groups is 1. The lowest BCUT2D eigenvalue weighted by molar-refractivity contribution is -0.122. The third kappa shape index (κ3) is 3.59. The number of amides is 1. The van der Waals surface area contributed by atoms with Crippen molar-refractivity contribution in [1.29, 1.82) is 0 Å². The van der Waals surface area contributed by atoms with Gasteiger partial charge in [0.05, 0.1) is 6.42 Å². The van der Waals surface area contributed by atoms with E-state index >= 15 is 0 Å². The van der Waals surface area contributed by atoms with E-state index in [-0.39, 0.29) is 17.4 Å².